The summed E-state index contributed by atoms with van der Waals surface area (Å²) in [5.74, 6) is 0.265. The molecule has 0 aliphatic carbocycles. The molecule has 6 heteroatoms. The van der Waals surface area contributed by atoms with Gasteiger partial charge < -0.3 is 10.6 Å². The smallest absolute Gasteiger partial charge is 0.270 e. The van der Waals surface area contributed by atoms with Crippen LogP contribution in [-0.2, 0) is 6.42 Å². The molecule has 0 saturated carbocycles. The molecule has 1 aliphatic heterocycles. The molecule has 4 nitrogen and oxygen atoms in total. The van der Waals surface area contributed by atoms with Crippen molar-refractivity contribution in [2.24, 2.45) is 5.92 Å². The second-order valence-corrected chi connectivity index (χ2v) is 7.09. The van der Waals surface area contributed by atoms with Gasteiger partial charge in [0, 0.05) is 18.3 Å². The summed E-state index contributed by atoms with van der Waals surface area (Å²) >= 11 is 1.39. The van der Waals surface area contributed by atoms with Gasteiger partial charge in [-0.15, -0.1) is 11.3 Å². The second-order valence-electron chi connectivity index (χ2n) is 6.15. The number of aromatic nitrogens is 1. The van der Waals surface area contributed by atoms with E-state index in [1.807, 2.05) is 0 Å². The maximum atomic E-state index is 13.7. The normalized spacial score (nSPS) is 17.6. The SMILES string of the molecule is O=C(NCCC1CCCNC1)c1csc(Cc2ccccc2F)n1. The van der Waals surface area contributed by atoms with Gasteiger partial charge in [0.25, 0.3) is 5.91 Å². The number of amides is 1. The fraction of sp³-hybridized carbons (Fsp3) is 0.444. The van der Waals surface area contributed by atoms with Crippen molar-refractivity contribution in [3.8, 4) is 0 Å². The monoisotopic (exact) mass is 347 g/mol. The summed E-state index contributed by atoms with van der Waals surface area (Å²) in [6, 6.07) is 6.66. The predicted molar refractivity (Wildman–Crippen MR) is 93.9 cm³/mol. The van der Waals surface area contributed by atoms with Gasteiger partial charge in [0.15, 0.2) is 0 Å². The van der Waals surface area contributed by atoms with Crippen molar-refractivity contribution in [3.63, 3.8) is 0 Å². The minimum Gasteiger partial charge on any atom is -0.351 e. The number of hydrogen-bond donors (Lipinski definition) is 2. The summed E-state index contributed by atoms with van der Waals surface area (Å²) in [6.45, 7) is 2.82. The molecule has 3 rings (SSSR count). The highest BCUT2D eigenvalue weighted by Gasteiger charge is 2.15. The van der Waals surface area contributed by atoms with Crippen molar-refractivity contribution in [3.05, 3.63) is 51.7 Å². The van der Waals surface area contributed by atoms with Gasteiger partial charge in [-0.1, -0.05) is 18.2 Å². The van der Waals surface area contributed by atoms with Gasteiger partial charge in [-0.3, -0.25) is 4.79 Å². The third-order valence-corrected chi connectivity index (χ3v) is 5.17. The lowest BCUT2D eigenvalue weighted by Gasteiger charge is -2.22. The standard InChI is InChI=1S/C18H22FN3OS/c19-15-6-2-1-5-14(15)10-17-22-16(12-24-17)18(23)21-9-7-13-4-3-8-20-11-13/h1-2,5-6,12-13,20H,3-4,7-11H2,(H,21,23). The molecule has 1 amide bonds. The number of piperidine rings is 1. The van der Waals surface area contributed by atoms with Crippen LogP contribution >= 0.6 is 11.3 Å². The summed E-state index contributed by atoms with van der Waals surface area (Å²) in [6.07, 6.45) is 3.85. The van der Waals surface area contributed by atoms with E-state index >= 15 is 0 Å². The van der Waals surface area contributed by atoms with Crippen molar-refractivity contribution >= 4 is 17.2 Å². The highest BCUT2D eigenvalue weighted by Crippen LogP contribution is 2.17. The Bertz CT molecular complexity index is 682. The average Bonchev–Trinajstić information content (AvgIpc) is 3.07. The zero-order chi connectivity index (χ0) is 16.8. The minimum absolute atomic E-state index is 0.144. The van der Waals surface area contributed by atoms with E-state index < -0.39 is 0 Å². The van der Waals surface area contributed by atoms with E-state index in [1.54, 1.807) is 23.6 Å². The number of carbonyl (C=O) groups is 1. The molecule has 128 valence electrons. The summed E-state index contributed by atoms with van der Waals surface area (Å²) in [4.78, 5) is 16.5. The number of halogens is 1. The molecule has 0 bridgehead atoms. The third-order valence-electron chi connectivity index (χ3n) is 4.32. The van der Waals surface area contributed by atoms with Gasteiger partial charge in [-0.25, -0.2) is 9.37 Å². The summed E-state index contributed by atoms with van der Waals surface area (Å²) in [5, 5.41) is 8.82. The van der Waals surface area contributed by atoms with Crippen molar-refractivity contribution in [1.82, 2.24) is 15.6 Å². The number of thiazole rings is 1. The molecule has 1 atom stereocenters. The van der Waals surface area contributed by atoms with Gasteiger partial charge in [-0.05, 0) is 49.9 Å². The van der Waals surface area contributed by atoms with Gasteiger partial charge in [-0.2, -0.15) is 0 Å². The van der Waals surface area contributed by atoms with Gasteiger partial charge in [0.05, 0.1) is 5.01 Å². The number of benzene rings is 1. The lowest BCUT2D eigenvalue weighted by atomic mass is 9.96. The van der Waals surface area contributed by atoms with Crippen LogP contribution in [-0.4, -0.2) is 30.5 Å². The van der Waals surface area contributed by atoms with E-state index in [-0.39, 0.29) is 11.7 Å². The van der Waals surface area contributed by atoms with Crippen molar-refractivity contribution in [2.75, 3.05) is 19.6 Å². The topological polar surface area (TPSA) is 54.0 Å². The fourth-order valence-electron chi connectivity index (χ4n) is 2.95. The van der Waals surface area contributed by atoms with E-state index in [4.69, 9.17) is 0 Å². The number of rotatable bonds is 6. The van der Waals surface area contributed by atoms with Crippen molar-refractivity contribution < 1.29 is 9.18 Å². The molecule has 2 N–H and O–H groups in total. The van der Waals surface area contributed by atoms with Crippen LogP contribution in [0.4, 0.5) is 4.39 Å². The first-order valence-corrected chi connectivity index (χ1v) is 9.27. The summed E-state index contributed by atoms with van der Waals surface area (Å²) in [5.41, 5.74) is 1.02. The molecular formula is C18H22FN3OS. The molecule has 1 fully saturated rings. The van der Waals surface area contributed by atoms with Crippen LogP contribution in [0.3, 0.4) is 0 Å². The molecule has 1 saturated heterocycles. The Hall–Kier alpha value is -1.79. The lowest BCUT2D eigenvalue weighted by molar-refractivity contribution is 0.0946. The van der Waals surface area contributed by atoms with Gasteiger partial charge >= 0.3 is 0 Å². The van der Waals surface area contributed by atoms with Crippen LogP contribution in [0.2, 0.25) is 0 Å². The van der Waals surface area contributed by atoms with Crippen molar-refractivity contribution in [1.29, 1.82) is 0 Å². The number of hydrogen-bond acceptors (Lipinski definition) is 4. The molecule has 1 aliphatic rings. The molecule has 1 unspecified atom stereocenters. The first-order chi connectivity index (χ1) is 11.7. The molecule has 24 heavy (non-hydrogen) atoms. The van der Waals surface area contributed by atoms with Crippen LogP contribution in [0.5, 0.6) is 0 Å². The van der Waals surface area contributed by atoms with E-state index in [9.17, 15) is 9.18 Å². The lowest BCUT2D eigenvalue weighted by Crippen LogP contribution is -2.33. The molecule has 2 aromatic rings. The maximum Gasteiger partial charge on any atom is 0.270 e. The van der Waals surface area contributed by atoms with E-state index in [0.29, 0.717) is 30.1 Å². The first-order valence-electron chi connectivity index (χ1n) is 8.39. The fourth-order valence-corrected chi connectivity index (χ4v) is 3.75. The van der Waals surface area contributed by atoms with Crippen LogP contribution in [0.25, 0.3) is 0 Å². The second kappa shape index (κ2) is 8.35. The Labute approximate surface area is 145 Å². The Morgan fingerprint density at radius 1 is 1.42 bits per heavy atom. The average molecular weight is 347 g/mol. The Balaban J connectivity index is 1.49. The van der Waals surface area contributed by atoms with Crippen molar-refractivity contribution in [2.45, 2.75) is 25.7 Å². The van der Waals surface area contributed by atoms with E-state index in [1.165, 1.54) is 30.2 Å². The Morgan fingerprint density at radius 3 is 3.08 bits per heavy atom. The zero-order valence-corrected chi connectivity index (χ0v) is 14.4. The van der Waals surface area contributed by atoms with Gasteiger partial charge in [0.1, 0.15) is 11.5 Å². The molecule has 1 aromatic carbocycles. The Morgan fingerprint density at radius 2 is 2.29 bits per heavy atom. The van der Waals surface area contributed by atoms with Crippen LogP contribution < -0.4 is 10.6 Å². The number of nitrogens with one attached hydrogen (secondary N) is 2. The molecule has 1 aromatic heterocycles. The minimum atomic E-state index is -0.236. The maximum absolute atomic E-state index is 13.7. The highest BCUT2D eigenvalue weighted by atomic mass is 32.1. The summed E-state index contributed by atoms with van der Waals surface area (Å²) in [7, 11) is 0. The number of carbonyl (C=O) groups excluding carboxylic acids is 1. The first kappa shape index (κ1) is 17.0. The third kappa shape index (κ3) is 4.61. The Kier molecular flexibility index (Phi) is 5.93. The van der Waals surface area contributed by atoms with Crippen LogP contribution in [0, 0.1) is 11.7 Å². The van der Waals surface area contributed by atoms with E-state index in [2.05, 4.69) is 15.6 Å². The molecule has 0 radical (unpaired) electrons. The molecular weight excluding hydrogens is 325 g/mol. The largest absolute Gasteiger partial charge is 0.351 e. The predicted octanol–water partition coefficient (Wildman–Crippen LogP) is 2.99. The van der Waals surface area contributed by atoms with Crippen LogP contribution in [0.15, 0.2) is 29.6 Å². The number of nitrogens with zero attached hydrogens (tertiary/aromatic N) is 1. The summed E-state index contributed by atoms with van der Waals surface area (Å²) < 4.78 is 13.7. The van der Waals surface area contributed by atoms with Crippen LogP contribution in [0.1, 0.15) is 40.3 Å². The van der Waals surface area contributed by atoms with E-state index in [0.717, 1.165) is 24.5 Å². The highest BCUT2D eigenvalue weighted by molar-refractivity contribution is 7.09. The zero-order valence-electron chi connectivity index (χ0n) is 13.6. The quantitative estimate of drug-likeness (QED) is 0.845. The van der Waals surface area contributed by atoms with Gasteiger partial charge in [0.2, 0.25) is 0 Å². The molecule has 0 spiro atoms. The molecule has 2 heterocycles.